The number of carbonyl (C=O) groups excluding carboxylic acids is 2. The number of aldehydes is 1. The van der Waals surface area contributed by atoms with Gasteiger partial charge in [0.15, 0.2) is 0 Å². The van der Waals surface area contributed by atoms with Gasteiger partial charge in [-0.2, -0.15) is 0 Å². The van der Waals surface area contributed by atoms with E-state index in [2.05, 4.69) is 29.1 Å². The number of nitrogens with one attached hydrogen (secondary N) is 2. The minimum Gasteiger partial charge on any atom is -0.493 e. The molecular formula is C22H31N3O3S. The van der Waals surface area contributed by atoms with Crippen molar-refractivity contribution in [3.63, 3.8) is 0 Å². The van der Waals surface area contributed by atoms with Crippen molar-refractivity contribution in [3.8, 4) is 5.75 Å². The van der Waals surface area contributed by atoms with E-state index in [4.69, 9.17) is 4.74 Å². The Morgan fingerprint density at radius 3 is 2.93 bits per heavy atom. The van der Waals surface area contributed by atoms with Crippen LogP contribution < -0.4 is 14.8 Å². The topological polar surface area (TPSA) is 70.7 Å². The highest BCUT2D eigenvalue weighted by atomic mass is 32.2. The second kappa shape index (κ2) is 13.1. The van der Waals surface area contributed by atoms with Gasteiger partial charge in [-0.15, -0.1) is 0 Å². The molecule has 2 rings (SSSR count). The molecule has 158 valence electrons. The van der Waals surface area contributed by atoms with Crippen molar-refractivity contribution in [1.82, 2.24) is 14.9 Å². The summed E-state index contributed by atoms with van der Waals surface area (Å²) in [5, 5.41) is 2.55. The van der Waals surface area contributed by atoms with E-state index in [-0.39, 0.29) is 12.1 Å². The van der Waals surface area contributed by atoms with E-state index in [1.807, 2.05) is 24.3 Å². The highest BCUT2D eigenvalue weighted by Crippen LogP contribution is 2.30. The maximum atomic E-state index is 11.7. The van der Waals surface area contributed by atoms with Gasteiger partial charge in [0.2, 0.25) is 0 Å². The molecule has 0 unspecified atom stereocenters. The monoisotopic (exact) mass is 417 g/mol. The van der Waals surface area contributed by atoms with Crippen LogP contribution in [0.5, 0.6) is 5.75 Å². The maximum absolute atomic E-state index is 11.7. The summed E-state index contributed by atoms with van der Waals surface area (Å²) in [5.74, 6) is 2.62. The zero-order chi connectivity index (χ0) is 20.9. The molecule has 1 fully saturated rings. The smallest absolute Gasteiger partial charge is 0.321 e. The Morgan fingerprint density at radius 2 is 2.21 bits per heavy atom. The van der Waals surface area contributed by atoms with Crippen LogP contribution in [0.4, 0.5) is 4.79 Å². The van der Waals surface area contributed by atoms with Crippen molar-refractivity contribution in [3.05, 3.63) is 54.3 Å². The lowest BCUT2D eigenvalue weighted by Crippen LogP contribution is -2.34. The summed E-state index contributed by atoms with van der Waals surface area (Å²) in [4.78, 5) is 23.6. The molecule has 0 heterocycles. The van der Waals surface area contributed by atoms with E-state index in [0.717, 1.165) is 30.4 Å². The molecule has 0 aliphatic heterocycles. The van der Waals surface area contributed by atoms with Crippen LogP contribution in [-0.2, 0) is 4.79 Å². The van der Waals surface area contributed by atoms with Crippen LogP contribution in [0.2, 0.25) is 0 Å². The predicted molar refractivity (Wildman–Crippen MR) is 119 cm³/mol. The second-order valence-corrected chi connectivity index (χ2v) is 7.89. The predicted octanol–water partition coefficient (Wildman–Crippen LogP) is 4.07. The third-order valence-electron chi connectivity index (χ3n) is 4.48. The van der Waals surface area contributed by atoms with Crippen molar-refractivity contribution in [2.45, 2.75) is 32.2 Å². The number of allylic oxidation sites excluding steroid dienone is 2. The van der Waals surface area contributed by atoms with Crippen molar-refractivity contribution in [2.75, 3.05) is 26.0 Å². The average molecular weight is 418 g/mol. The van der Waals surface area contributed by atoms with Gasteiger partial charge in [-0.05, 0) is 55.9 Å². The van der Waals surface area contributed by atoms with Crippen molar-refractivity contribution in [2.24, 2.45) is 5.92 Å². The fourth-order valence-corrected chi connectivity index (χ4v) is 3.31. The average Bonchev–Trinajstić information content (AvgIpc) is 3.57. The lowest BCUT2D eigenvalue weighted by molar-refractivity contribution is -0.104. The number of nitrogens with zero attached hydrogens (tertiary/aromatic N) is 1. The summed E-state index contributed by atoms with van der Waals surface area (Å²) in [7, 11) is 1.56. The molecule has 1 atom stereocenters. The number of benzene rings is 1. The number of ether oxygens (including phenoxy) is 1. The van der Waals surface area contributed by atoms with E-state index >= 15 is 0 Å². The van der Waals surface area contributed by atoms with Crippen molar-refractivity contribution >= 4 is 24.3 Å². The molecule has 0 saturated heterocycles. The number of rotatable bonds is 13. The Kier molecular flexibility index (Phi) is 10.4. The molecule has 7 heteroatoms. The van der Waals surface area contributed by atoms with Crippen LogP contribution >= 0.6 is 11.9 Å². The third-order valence-corrected chi connectivity index (χ3v) is 5.44. The second-order valence-electron chi connectivity index (χ2n) is 6.96. The fraction of sp³-hybridized carbons (Fsp3) is 0.455. The molecule has 0 aromatic heterocycles. The van der Waals surface area contributed by atoms with Crippen LogP contribution in [0.15, 0.2) is 48.7 Å². The van der Waals surface area contributed by atoms with Crippen LogP contribution in [0.3, 0.4) is 0 Å². The molecule has 2 N–H and O–H groups in total. The van der Waals surface area contributed by atoms with Crippen molar-refractivity contribution in [1.29, 1.82) is 0 Å². The van der Waals surface area contributed by atoms with Crippen molar-refractivity contribution < 1.29 is 14.3 Å². The number of urea groups is 1. The van der Waals surface area contributed by atoms with Gasteiger partial charge >= 0.3 is 6.03 Å². The van der Waals surface area contributed by atoms with Gasteiger partial charge in [0.1, 0.15) is 12.0 Å². The van der Waals surface area contributed by atoms with Gasteiger partial charge < -0.3 is 10.1 Å². The van der Waals surface area contributed by atoms with E-state index in [0.29, 0.717) is 12.8 Å². The van der Waals surface area contributed by atoms with E-state index in [1.54, 1.807) is 19.0 Å². The van der Waals surface area contributed by atoms with E-state index in [9.17, 15) is 9.59 Å². The molecular weight excluding hydrogens is 386 g/mol. The van der Waals surface area contributed by atoms with Gasteiger partial charge in [0, 0.05) is 31.6 Å². The Bertz CT molecular complexity index is 704. The first-order chi connectivity index (χ1) is 14.1. The highest BCUT2D eigenvalue weighted by molar-refractivity contribution is 7.97. The number of carbonyl (C=O) groups is 2. The number of amides is 2. The normalized spacial score (nSPS) is 14.8. The molecule has 1 aliphatic carbocycles. The van der Waals surface area contributed by atoms with Crippen LogP contribution in [0.25, 0.3) is 0 Å². The zero-order valence-electron chi connectivity index (χ0n) is 17.2. The Balaban J connectivity index is 1.65. The summed E-state index contributed by atoms with van der Waals surface area (Å²) in [6.45, 7) is 3.39. The van der Waals surface area contributed by atoms with Gasteiger partial charge in [0.05, 0.1) is 6.61 Å². The zero-order valence-corrected chi connectivity index (χ0v) is 18.0. The lowest BCUT2D eigenvalue weighted by atomic mass is 10.1. The van der Waals surface area contributed by atoms with Crippen LogP contribution in [0.1, 0.15) is 37.8 Å². The van der Waals surface area contributed by atoms with E-state index < -0.39 is 0 Å². The Morgan fingerprint density at radius 1 is 1.38 bits per heavy atom. The molecule has 0 bridgehead atoms. The first-order valence-corrected chi connectivity index (χ1v) is 11.0. The SMILES string of the molecule is CNC(=O)N(/C=C\C=O)C/C=C/CCSN[C@H](C)c1cccc(OCC2CC2)c1. The largest absolute Gasteiger partial charge is 0.493 e. The van der Waals surface area contributed by atoms with Crippen LogP contribution in [-0.4, -0.2) is 43.2 Å². The standard InChI is InChI=1S/C22H31N3O3S/c1-18(20-8-6-9-21(16-20)28-17-19-10-11-19)24-29-15-5-3-4-12-25(13-7-14-26)22(27)23-2/h3-4,6-9,13-14,16,18-19,24H,5,10-12,15,17H2,1-2H3,(H,23,27)/b4-3+,13-7-/t18-/m1/s1. The number of hydrogen-bond acceptors (Lipinski definition) is 5. The van der Waals surface area contributed by atoms with Gasteiger partial charge in [-0.1, -0.05) is 36.2 Å². The highest BCUT2D eigenvalue weighted by Gasteiger charge is 2.21. The van der Waals surface area contributed by atoms with Gasteiger partial charge in [-0.25, -0.2) is 4.79 Å². The Labute approximate surface area is 177 Å². The molecule has 1 aromatic carbocycles. The molecule has 1 aromatic rings. The lowest BCUT2D eigenvalue weighted by Gasteiger charge is -2.15. The molecule has 1 saturated carbocycles. The third kappa shape index (κ3) is 9.19. The summed E-state index contributed by atoms with van der Waals surface area (Å²) < 4.78 is 9.32. The van der Waals surface area contributed by atoms with Crippen LogP contribution in [0, 0.1) is 5.92 Å². The molecule has 6 nitrogen and oxygen atoms in total. The maximum Gasteiger partial charge on any atom is 0.321 e. The minimum atomic E-state index is -0.249. The summed E-state index contributed by atoms with van der Waals surface area (Å²) in [5.41, 5.74) is 1.21. The number of hydrogen-bond donors (Lipinski definition) is 2. The molecule has 29 heavy (non-hydrogen) atoms. The van der Waals surface area contributed by atoms with Gasteiger partial charge in [-0.3, -0.25) is 14.4 Å². The molecule has 2 amide bonds. The quantitative estimate of drug-likeness (QED) is 0.166. The molecule has 1 aliphatic rings. The first kappa shape index (κ1) is 23.0. The minimum absolute atomic E-state index is 0.227. The summed E-state index contributed by atoms with van der Waals surface area (Å²) in [6, 6.07) is 8.26. The van der Waals surface area contributed by atoms with E-state index in [1.165, 1.54) is 35.6 Å². The molecule has 0 spiro atoms. The molecule has 0 radical (unpaired) electrons. The first-order valence-electron chi connectivity index (χ1n) is 9.99. The summed E-state index contributed by atoms with van der Waals surface area (Å²) >= 11 is 1.68. The Hall–Kier alpha value is -2.25. The van der Waals surface area contributed by atoms with Gasteiger partial charge in [0.25, 0.3) is 0 Å². The summed E-state index contributed by atoms with van der Waals surface area (Å²) in [6.07, 6.45) is 10.9. The fourth-order valence-electron chi connectivity index (χ4n) is 2.55.